The smallest absolute Gasteiger partial charge is 0.169 e. The van der Waals surface area contributed by atoms with Crippen molar-refractivity contribution in [2.24, 2.45) is 0 Å². The minimum atomic E-state index is -0.284. The number of ether oxygens (including phenoxy) is 2. The highest BCUT2D eigenvalue weighted by Gasteiger charge is 2.38. The molecule has 1 saturated heterocycles. The first kappa shape index (κ1) is 20.9. The SMILES string of the molecule is C(=CC=C1CCC2(CC1)OCCO2)=C(CCc1ccccc1)CCc1ccccc1. The van der Waals surface area contributed by atoms with Crippen molar-refractivity contribution in [1.29, 1.82) is 0 Å². The number of benzene rings is 2. The van der Waals surface area contributed by atoms with Crippen LogP contribution in [0.3, 0.4) is 0 Å². The van der Waals surface area contributed by atoms with Gasteiger partial charge in [-0.05, 0) is 61.3 Å². The second kappa shape index (κ2) is 10.6. The maximum atomic E-state index is 5.84. The number of rotatable bonds is 7. The summed E-state index contributed by atoms with van der Waals surface area (Å²) in [5.41, 5.74) is 9.29. The molecule has 1 aliphatic heterocycles. The quantitative estimate of drug-likeness (QED) is 0.489. The molecule has 2 aliphatic rings. The molecule has 0 bridgehead atoms. The largest absolute Gasteiger partial charge is 0.348 e. The zero-order valence-corrected chi connectivity index (χ0v) is 17.8. The van der Waals surface area contributed by atoms with Crippen LogP contribution in [0.25, 0.3) is 0 Å². The van der Waals surface area contributed by atoms with E-state index in [2.05, 4.69) is 78.5 Å². The van der Waals surface area contributed by atoms with E-state index < -0.39 is 0 Å². The van der Waals surface area contributed by atoms with Crippen LogP contribution >= 0.6 is 0 Å². The molecule has 30 heavy (non-hydrogen) atoms. The molecule has 0 radical (unpaired) electrons. The molecule has 1 heterocycles. The van der Waals surface area contributed by atoms with Crippen molar-refractivity contribution in [3.05, 3.63) is 101 Å². The van der Waals surface area contributed by atoms with Gasteiger partial charge in [-0.1, -0.05) is 72.3 Å². The van der Waals surface area contributed by atoms with Gasteiger partial charge in [0.15, 0.2) is 5.79 Å². The van der Waals surface area contributed by atoms with Gasteiger partial charge in [0.2, 0.25) is 0 Å². The van der Waals surface area contributed by atoms with E-state index in [4.69, 9.17) is 9.47 Å². The summed E-state index contributed by atoms with van der Waals surface area (Å²) >= 11 is 0. The van der Waals surface area contributed by atoms with Crippen molar-refractivity contribution in [2.75, 3.05) is 13.2 Å². The summed E-state index contributed by atoms with van der Waals surface area (Å²) in [5.74, 6) is -0.284. The van der Waals surface area contributed by atoms with Crippen molar-refractivity contribution >= 4 is 0 Å². The van der Waals surface area contributed by atoms with Gasteiger partial charge >= 0.3 is 0 Å². The van der Waals surface area contributed by atoms with Crippen LogP contribution < -0.4 is 0 Å². The van der Waals surface area contributed by atoms with Gasteiger partial charge in [0.05, 0.1) is 13.2 Å². The number of allylic oxidation sites excluding steroid dienone is 3. The minimum Gasteiger partial charge on any atom is -0.348 e. The molecule has 0 N–H and O–H groups in total. The summed E-state index contributed by atoms with van der Waals surface area (Å²) in [4.78, 5) is 0. The average Bonchev–Trinajstić information content (AvgIpc) is 3.26. The number of hydrogen-bond acceptors (Lipinski definition) is 2. The Morgan fingerprint density at radius 1 is 0.800 bits per heavy atom. The van der Waals surface area contributed by atoms with Gasteiger partial charge in [-0.3, -0.25) is 0 Å². The van der Waals surface area contributed by atoms with Crippen LogP contribution in [-0.2, 0) is 22.3 Å². The molecule has 1 saturated carbocycles. The highest BCUT2D eigenvalue weighted by Crippen LogP contribution is 2.37. The normalized spacial score (nSPS) is 17.5. The Balaban J connectivity index is 1.39. The van der Waals surface area contributed by atoms with Crippen LogP contribution in [0, 0.1) is 0 Å². The van der Waals surface area contributed by atoms with Gasteiger partial charge < -0.3 is 9.47 Å². The number of hydrogen-bond donors (Lipinski definition) is 0. The summed E-state index contributed by atoms with van der Waals surface area (Å²) in [6.45, 7) is 1.49. The van der Waals surface area contributed by atoms with Crippen LogP contribution in [0.5, 0.6) is 0 Å². The van der Waals surface area contributed by atoms with E-state index in [-0.39, 0.29) is 5.79 Å². The highest BCUT2D eigenvalue weighted by atomic mass is 16.7. The second-order valence-corrected chi connectivity index (χ2v) is 8.32. The predicted molar refractivity (Wildman–Crippen MR) is 122 cm³/mol. The summed E-state index contributed by atoms with van der Waals surface area (Å²) in [7, 11) is 0. The van der Waals surface area contributed by atoms with Crippen molar-refractivity contribution in [3.8, 4) is 0 Å². The van der Waals surface area contributed by atoms with E-state index in [9.17, 15) is 0 Å². The Hall–Kier alpha value is -2.38. The first-order chi connectivity index (χ1) is 14.8. The van der Waals surface area contributed by atoms with Crippen LogP contribution in [0.1, 0.15) is 49.7 Å². The maximum Gasteiger partial charge on any atom is 0.169 e. The summed E-state index contributed by atoms with van der Waals surface area (Å²) in [6.07, 6.45) is 12.7. The third-order valence-corrected chi connectivity index (χ3v) is 6.19. The van der Waals surface area contributed by atoms with Crippen LogP contribution in [0.4, 0.5) is 0 Å². The Morgan fingerprint density at radius 2 is 1.33 bits per heavy atom. The molecule has 0 atom stereocenters. The van der Waals surface area contributed by atoms with Gasteiger partial charge in [-0.25, -0.2) is 0 Å². The summed E-state index contributed by atoms with van der Waals surface area (Å²) in [5, 5.41) is 0. The maximum absolute atomic E-state index is 5.84. The fraction of sp³-hybridized carbons (Fsp3) is 0.393. The lowest BCUT2D eigenvalue weighted by molar-refractivity contribution is -0.171. The van der Waals surface area contributed by atoms with E-state index in [0.29, 0.717) is 0 Å². The fourth-order valence-electron chi connectivity index (χ4n) is 4.33. The van der Waals surface area contributed by atoms with Gasteiger partial charge in [-0.2, -0.15) is 0 Å². The molecular formula is C28H32O2. The highest BCUT2D eigenvalue weighted by molar-refractivity contribution is 5.21. The Kier molecular flexibility index (Phi) is 7.37. The van der Waals surface area contributed by atoms with E-state index in [1.54, 1.807) is 0 Å². The van der Waals surface area contributed by atoms with Gasteiger partial charge in [0.25, 0.3) is 0 Å². The van der Waals surface area contributed by atoms with Crippen molar-refractivity contribution in [3.63, 3.8) is 0 Å². The van der Waals surface area contributed by atoms with Crippen LogP contribution in [0.15, 0.2) is 89.7 Å². The Morgan fingerprint density at radius 3 is 1.87 bits per heavy atom. The van der Waals surface area contributed by atoms with Gasteiger partial charge in [0.1, 0.15) is 0 Å². The lowest BCUT2D eigenvalue weighted by atomic mass is 9.89. The molecule has 0 aromatic heterocycles. The summed E-state index contributed by atoms with van der Waals surface area (Å²) in [6, 6.07) is 21.5. The zero-order chi connectivity index (χ0) is 20.5. The first-order valence-electron chi connectivity index (χ1n) is 11.3. The standard InChI is InChI=1S/C28H32O2/c1-3-8-24(9-4-1)14-16-26(17-15-25-10-5-2-6-11-25)12-7-13-27-18-20-28(21-19-27)29-22-23-30-28/h1-11,13H,14-23H2. The molecule has 1 aliphatic carbocycles. The minimum absolute atomic E-state index is 0.284. The Bertz CT molecular complexity index is 825. The van der Waals surface area contributed by atoms with Crippen LogP contribution in [-0.4, -0.2) is 19.0 Å². The third-order valence-electron chi connectivity index (χ3n) is 6.19. The van der Waals surface area contributed by atoms with Gasteiger partial charge in [-0.15, -0.1) is 5.73 Å². The van der Waals surface area contributed by atoms with Crippen LogP contribution in [0.2, 0.25) is 0 Å². The molecular weight excluding hydrogens is 368 g/mol. The topological polar surface area (TPSA) is 18.5 Å². The van der Waals surface area contributed by atoms with Crippen molar-refractivity contribution in [2.45, 2.75) is 57.2 Å². The molecule has 0 amide bonds. The van der Waals surface area contributed by atoms with E-state index in [1.807, 2.05) is 0 Å². The molecule has 2 aromatic carbocycles. The Labute approximate surface area is 180 Å². The fourth-order valence-corrected chi connectivity index (χ4v) is 4.33. The third kappa shape index (κ3) is 6.06. The molecule has 2 nitrogen and oxygen atoms in total. The lowest BCUT2D eigenvalue weighted by Gasteiger charge is -2.32. The molecule has 1 spiro atoms. The molecule has 4 rings (SSSR count). The molecule has 0 unspecified atom stereocenters. The van der Waals surface area contributed by atoms with Crippen molar-refractivity contribution < 1.29 is 9.47 Å². The molecule has 156 valence electrons. The molecule has 2 heteroatoms. The number of aryl methyl sites for hydroxylation is 2. The van der Waals surface area contributed by atoms with Crippen molar-refractivity contribution in [1.82, 2.24) is 0 Å². The second-order valence-electron chi connectivity index (χ2n) is 8.32. The summed E-state index contributed by atoms with van der Waals surface area (Å²) < 4.78 is 11.7. The predicted octanol–water partition coefficient (Wildman–Crippen LogP) is 6.58. The average molecular weight is 401 g/mol. The lowest BCUT2D eigenvalue weighted by Crippen LogP contribution is -2.33. The van der Waals surface area contributed by atoms with Gasteiger partial charge in [0, 0.05) is 12.8 Å². The molecule has 2 fully saturated rings. The van der Waals surface area contributed by atoms with E-state index in [1.165, 1.54) is 22.3 Å². The molecule has 2 aromatic rings. The van der Waals surface area contributed by atoms with E-state index in [0.717, 1.165) is 64.6 Å². The first-order valence-corrected chi connectivity index (χ1v) is 11.3. The monoisotopic (exact) mass is 400 g/mol. The van der Waals surface area contributed by atoms with E-state index >= 15 is 0 Å². The zero-order valence-electron chi connectivity index (χ0n) is 17.8.